The van der Waals surface area contributed by atoms with Crippen LogP contribution < -0.4 is 10.1 Å². The summed E-state index contributed by atoms with van der Waals surface area (Å²) in [5.41, 5.74) is 0.771. The van der Waals surface area contributed by atoms with Gasteiger partial charge in [0, 0.05) is 12.1 Å². The number of nitrogens with one attached hydrogen (secondary N) is 1. The smallest absolute Gasteiger partial charge is 0.257 e. The van der Waals surface area contributed by atoms with E-state index in [1.54, 1.807) is 12.1 Å². The van der Waals surface area contributed by atoms with Gasteiger partial charge in [-0.25, -0.2) is 0 Å². The first kappa shape index (κ1) is 16.1. The van der Waals surface area contributed by atoms with Crippen LogP contribution in [0.3, 0.4) is 0 Å². The molecule has 2 N–H and O–H groups in total. The van der Waals surface area contributed by atoms with Crippen molar-refractivity contribution in [3.63, 3.8) is 0 Å². The molecule has 0 aliphatic heterocycles. The molecular weight excluding hydrogens is 282 g/mol. The highest BCUT2D eigenvalue weighted by atomic mass is 16.5. The van der Waals surface area contributed by atoms with Gasteiger partial charge >= 0.3 is 0 Å². The molecule has 0 saturated heterocycles. The Morgan fingerprint density at radius 1 is 1.32 bits per heavy atom. The van der Waals surface area contributed by atoms with Crippen LogP contribution in [0, 0.1) is 13.8 Å². The minimum absolute atomic E-state index is 0.0377. The molecule has 1 unspecified atom stereocenters. The zero-order valence-electron chi connectivity index (χ0n) is 12.8. The number of aliphatic hydroxyl groups excluding tert-OH is 1. The summed E-state index contributed by atoms with van der Waals surface area (Å²) in [6.07, 6.45) is -0.218. The van der Waals surface area contributed by atoms with E-state index in [-0.39, 0.29) is 12.5 Å². The van der Waals surface area contributed by atoms with Gasteiger partial charge in [-0.15, -0.1) is 0 Å². The van der Waals surface area contributed by atoms with Crippen molar-refractivity contribution in [3.05, 3.63) is 53.5 Å². The van der Waals surface area contributed by atoms with Crippen LogP contribution in [0.2, 0.25) is 0 Å². The van der Waals surface area contributed by atoms with Gasteiger partial charge in [0.05, 0.1) is 6.10 Å². The Balaban J connectivity index is 1.69. The fourth-order valence-electron chi connectivity index (χ4n) is 2.20. The molecule has 0 aliphatic rings. The number of rotatable bonds is 7. The summed E-state index contributed by atoms with van der Waals surface area (Å²) in [6, 6.07) is 11.0. The van der Waals surface area contributed by atoms with Gasteiger partial charge < -0.3 is 19.6 Å². The zero-order valence-corrected chi connectivity index (χ0v) is 12.8. The van der Waals surface area contributed by atoms with Crippen molar-refractivity contribution in [1.82, 2.24) is 5.32 Å². The van der Waals surface area contributed by atoms with Crippen molar-refractivity contribution >= 4 is 5.91 Å². The minimum Gasteiger partial charge on any atom is -0.484 e. The van der Waals surface area contributed by atoms with E-state index in [1.165, 1.54) is 0 Å². The number of carbonyl (C=O) groups is 1. The Labute approximate surface area is 129 Å². The van der Waals surface area contributed by atoms with Gasteiger partial charge in [-0.05, 0) is 38.5 Å². The number of carbonyl (C=O) groups excluding carboxylic acids is 1. The summed E-state index contributed by atoms with van der Waals surface area (Å²) in [6.45, 7) is 4.00. The van der Waals surface area contributed by atoms with Crippen molar-refractivity contribution in [2.75, 3.05) is 13.2 Å². The lowest BCUT2D eigenvalue weighted by Gasteiger charge is -2.11. The molecule has 118 valence electrons. The maximum atomic E-state index is 11.7. The Kier molecular flexibility index (Phi) is 5.61. The Hall–Kier alpha value is -2.27. The van der Waals surface area contributed by atoms with Crippen LogP contribution in [0.15, 0.2) is 40.8 Å². The van der Waals surface area contributed by atoms with Crippen LogP contribution in [-0.4, -0.2) is 24.2 Å². The van der Waals surface area contributed by atoms with Gasteiger partial charge in [0.2, 0.25) is 0 Å². The van der Waals surface area contributed by atoms with Crippen LogP contribution in [0.1, 0.15) is 29.6 Å². The summed E-state index contributed by atoms with van der Waals surface area (Å²) in [5, 5.41) is 12.8. The van der Waals surface area contributed by atoms with E-state index in [1.807, 2.05) is 38.1 Å². The van der Waals surface area contributed by atoms with Gasteiger partial charge in [0.15, 0.2) is 6.61 Å². The minimum atomic E-state index is -0.646. The Bertz CT molecular complexity index is 606. The Morgan fingerprint density at radius 2 is 2.05 bits per heavy atom. The zero-order chi connectivity index (χ0) is 15.9. The van der Waals surface area contributed by atoms with Crippen molar-refractivity contribution in [2.45, 2.75) is 26.4 Å². The lowest BCUT2D eigenvalue weighted by molar-refractivity contribution is -0.123. The van der Waals surface area contributed by atoms with Crippen molar-refractivity contribution in [2.24, 2.45) is 0 Å². The lowest BCUT2D eigenvalue weighted by Crippen LogP contribution is -2.30. The molecule has 0 aliphatic carbocycles. The molecule has 0 saturated carbocycles. The highest BCUT2D eigenvalue weighted by Crippen LogP contribution is 2.23. The van der Waals surface area contributed by atoms with E-state index in [4.69, 9.17) is 9.15 Å². The number of benzene rings is 1. The average molecular weight is 303 g/mol. The highest BCUT2D eigenvalue weighted by Gasteiger charge is 2.14. The molecule has 1 heterocycles. The van der Waals surface area contributed by atoms with Crippen molar-refractivity contribution in [3.8, 4) is 5.75 Å². The van der Waals surface area contributed by atoms with Gasteiger partial charge in [-0.1, -0.05) is 18.2 Å². The number of hydrogen-bond donors (Lipinski definition) is 2. The van der Waals surface area contributed by atoms with Crippen LogP contribution in [0.4, 0.5) is 0 Å². The molecule has 5 heteroatoms. The molecule has 1 aromatic carbocycles. The van der Waals surface area contributed by atoms with Crippen LogP contribution in [0.5, 0.6) is 5.75 Å². The van der Waals surface area contributed by atoms with E-state index in [2.05, 4.69) is 5.32 Å². The second kappa shape index (κ2) is 7.66. The van der Waals surface area contributed by atoms with Gasteiger partial charge in [0.1, 0.15) is 17.3 Å². The second-order valence-corrected chi connectivity index (χ2v) is 5.12. The molecule has 2 rings (SSSR count). The number of furan rings is 1. The summed E-state index contributed by atoms with van der Waals surface area (Å²) in [7, 11) is 0. The van der Waals surface area contributed by atoms with Crippen LogP contribution in [-0.2, 0) is 4.79 Å². The second-order valence-electron chi connectivity index (χ2n) is 5.12. The summed E-state index contributed by atoms with van der Waals surface area (Å²) in [4.78, 5) is 11.7. The fraction of sp³-hybridized carbons (Fsp3) is 0.353. The molecular formula is C17H21NO4. The first-order chi connectivity index (χ1) is 10.6. The first-order valence-electron chi connectivity index (χ1n) is 7.26. The molecule has 1 atom stereocenters. The van der Waals surface area contributed by atoms with Crippen molar-refractivity contribution in [1.29, 1.82) is 0 Å². The number of ether oxygens (including phenoxy) is 1. The third kappa shape index (κ3) is 4.63. The quantitative estimate of drug-likeness (QED) is 0.824. The van der Waals surface area contributed by atoms with E-state index >= 15 is 0 Å². The number of para-hydroxylation sites is 1. The maximum Gasteiger partial charge on any atom is 0.257 e. The van der Waals surface area contributed by atoms with E-state index in [0.29, 0.717) is 24.5 Å². The van der Waals surface area contributed by atoms with Gasteiger partial charge in [-0.3, -0.25) is 4.79 Å². The Morgan fingerprint density at radius 3 is 2.68 bits per heavy atom. The normalized spacial score (nSPS) is 12.0. The molecule has 0 radical (unpaired) electrons. The monoisotopic (exact) mass is 303 g/mol. The number of amides is 1. The van der Waals surface area contributed by atoms with Gasteiger partial charge in [0.25, 0.3) is 5.91 Å². The van der Waals surface area contributed by atoms with E-state index in [9.17, 15) is 9.90 Å². The summed E-state index contributed by atoms with van der Waals surface area (Å²) in [5.74, 6) is 1.92. The third-order valence-corrected chi connectivity index (χ3v) is 3.29. The molecule has 0 spiro atoms. The number of hydrogen-bond acceptors (Lipinski definition) is 4. The first-order valence-corrected chi connectivity index (χ1v) is 7.26. The topological polar surface area (TPSA) is 71.7 Å². The molecule has 22 heavy (non-hydrogen) atoms. The average Bonchev–Trinajstić information content (AvgIpc) is 2.85. The maximum absolute atomic E-state index is 11.7. The number of aryl methyl sites for hydroxylation is 2. The summed E-state index contributed by atoms with van der Waals surface area (Å²) < 4.78 is 10.7. The molecule has 1 aromatic heterocycles. The molecule has 1 amide bonds. The number of aliphatic hydroxyl groups is 1. The molecule has 0 bridgehead atoms. The van der Waals surface area contributed by atoms with Crippen LogP contribution in [0.25, 0.3) is 0 Å². The molecule has 0 fully saturated rings. The SMILES string of the molecule is Cc1cc(C(O)CCNC(=O)COc2ccccc2)c(C)o1. The largest absolute Gasteiger partial charge is 0.484 e. The summed E-state index contributed by atoms with van der Waals surface area (Å²) >= 11 is 0. The predicted octanol–water partition coefficient (Wildman–Crippen LogP) is 2.52. The van der Waals surface area contributed by atoms with E-state index in [0.717, 1.165) is 11.3 Å². The van der Waals surface area contributed by atoms with Crippen molar-refractivity contribution < 1.29 is 19.1 Å². The predicted molar refractivity (Wildman–Crippen MR) is 82.7 cm³/mol. The molecule has 5 nitrogen and oxygen atoms in total. The standard InChI is InChI=1S/C17H21NO4/c1-12-10-15(13(2)22-12)16(19)8-9-18-17(20)11-21-14-6-4-3-5-7-14/h3-7,10,16,19H,8-9,11H2,1-2H3,(H,18,20). The molecule has 2 aromatic rings. The lowest BCUT2D eigenvalue weighted by atomic mass is 10.1. The third-order valence-electron chi connectivity index (χ3n) is 3.29. The van der Waals surface area contributed by atoms with E-state index < -0.39 is 6.10 Å². The fourth-order valence-corrected chi connectivity index (χ4v) is 2.20. The van der Waals surface area contributed by atoms with Crippen LogP contribution >= 0.6 is 0 Å². The van der Waals surface area contributed by atoms with Gasteiger partial charge in [-0.2, -0.15) is 0 Å². The highest BCUT2D eigenvalue weighted by molar-refractivity contribution is 5.77.